The second kappa shape index (κ2) is 8.14. The maximum Gasteiger partial charge on any atom is 0.415 e. The molecule has 2 fully saturated rings. The van der Waals surface area contributed by atoms with Crippen LogP contribution in [0.3, 0.4) is 0 Å². The summed E-state index contributed by atoms with van der Waals surface area (Å²) in [6, 6.07) is 10.0. The quantitative estimate of drug-likeness (QED) is 0.743. The van der Waals surface area contributed by atoms with Crippen molar-refractivity contribution >= 4 is 40.6 Å². The molecule has 164 valence electrons. The topological polar surface area (TPSA) is 121 Å². The summed E-state index contributed by atoms with van der Waals surface area (Å²) in [6.07, 6.45) is -1.10. The van der Waals surface area contributed by atoms with Gasteiger partial charge in [-0.1, -0.05) is 0 Å². The fourth-order valence-corrected chi connectivity index (χ4v) is 4.67. The summed E-state index contributed by atoms with van der Waals surface area (Å²) in [7, 11) is 0. The average molecular weight is 454 g/mol. The zero-order chi connectivity index (χ0) is 22.2. The molecule has 2 saturated heterocycles. The number of nitrogens with one attached hydrogen (secondary N) is 1. The van der Waals surface area contributed by atoms with Gasteiger partial charge < -0.3 is 24.4 Å². The molecule has 1 N–H and O–H groups in total. The summed E-state index contributed by atoms with van der Waals surface area (Å²) in [5.74, 6) is 0.0270. The Labute approximate surface area is 186 Å². The molecule has 11 heteroatoms. The first-order valence-electron chi connectivity index (χ1n) is 9.98. The fraction of sp³-hybridized carbons (Fsp3) is 0.333. The highest BCUT2D eigenvalue weighted by atomic mass is 32.1. The fourth-order valence-electron chi connectivity index (χ4n) is 3.95. The number of fused-ring (bicyclic) bond motifs is 3. The van der Waals surface area contributed by atoms with Gasteiger partial charge in [0, 0.05) is 18.3 Å². The number of nitrogens with zero attached hydrogens (tertiary/aromatic N) is 3. The summed E-state index contributed by atoms with van der Waals surface area (Å²) < 4.78 is 16.6. The average Bonchev–Trinajstić information content (AvgIpc) is 3.42. The van der Waals surface area contributed by atoms with E-state index in [2.05, 4.69) is 5.32 Å². The van der Waals surface area contributed by atoms with E-state index in [9.17, 15) is 14.4 Å². The van der Waals surface area contributed by atoms with E-state index in [1.165, 1.54) is 4.90 Å². The van der Waals surface area contributed by atoms with Crippen LogP contribution in [0.25, 0.3) is 0 Å². The van der Waals surface area contributed by atoms with Gasteiger partial charge >= 0.3 is 6.09 Å². The Morgan fingerprint density at radius 2 is 2.16 bits per heavy atom. The van der Waals surface area contributed by atoms with Gasteiger partial charge in [0.1, 0.15) is 42.1 Å². The number of ether oxygens (including phenoxy) is 3. The van der Waals surface area contributed by atoms with Crippen LogP contribution in [0, 0.1) is 11.3 Å². The minimum atomic E-state index is -0.588. The van der Waals surface area contributed by atoms with Crippen molar-refractivity contribution in [1.82, 2.24) is 5.32 Å². The number of rotatable bonds is 4. The first kappa shape index (κ1) is 20.3. The summed E-state index contributed by atoms with van der Waals surface area (Å²) in [5.41, 5.74) is 1.24. The molecule has 0 unspecified atom stereocenters. The number of nitriles is 1. The van der Waals surface area contributed by atoms with E-state index in [0.29, 0.717) is 40.0 Å². The Kier molecular flexibility index (Phi) is 5.16. The maximum atomic E-state index is 12.6. The molecule has 10 nitrogen and oxygen atoms in total. The van der Waals surface area contributed by atoms with Crippen molar-refractivity contribution in [1.29, 1.82) is 5.26 Å². The van der Waals surface area contributed by atoms with Crippen molar-refractivity contribution in [2.24, 2.45) is 0 Å². The minimum Gasteiger partial charge on any atom is -0.489 e. The van der Waals surface area contributed by atoms with Gasteiger partial charge in [-0.25, -0.2) is 4.79 Å². The Bertz CT molecular complexity index is 1140. The van der Waals surface area contributed by atoms with Crippen molar-refractivity contribution in [2.75, 3.05) is 42.7 Å². The molecule has 32 heavy (non-hydrogen) atoms. The number of carbonyl (C=O) groups excluding carboxylic acids is 3. The van der Waals surface area contributed by atoms with E-state index in [-0.39, 0.29) is 31.6 Å². The number of morpholine rings is 1. The number of anilines is 2. The number of thiophene rings is 1. The Morgan fingerprint density at radius 1 is 1.28 bits per heavy atom. The third kappa shape index (κ3) is 3.53. The van der Waals surface area contributed by atoms with Crippen molar-refractivity contribution in [3.8, 4) is 11.8 Å². The van der Waals surface area contributed by atoms with E-state index in [1.54, 1.807) is 35.2 Å². The smallest absolute Gasteiger partial charge is 0.415 e. The molecule has 0 aliphatic carbocycles. The van der Waals surface area contributed by atoms with Crippen LogP contribution in [0.5, 0.6) is 5.75 Å². The van der Waals surface area contributed by atoms with Crippen LogP contribution in [0.4, 0.5) is 16.2 Å². The van der Waals surface area contributed by atoms with Gasteiger partial charge in [-0.15, -0.1) is 11.3 Å². The van der Waals surface area contributed by atoms with Gasteiger partial charge in [0.05, 0.1) is 23.7 Å². The second-order valence-electron chi connectivity index (χ2n) is 7.41. The molecule has 0 saturated carbocycles. The molecule has 3 aliphatic heterocycles. The highest BCUT2D eigenvalue weighted by molar-refractivity contribution is 7.14. The highest BCUT2D eigenvalue weighted by Crippen LogP contribution is 2.41. The summed E-state index contributed by atoms with van der Waals surface area (Å²) >= 11 is 1.10. The Morgan fingerprint density at radius 3 is 2.94 bits per heavy atom. The SMILES string of the molecule is N#Cc1ccc(C(=O)NC[C@@H]2OC(=O)N3c4ccc(N5CCOCC5=O)cc4OC[C@@H]23)s1. The van der Waals surface area contributed by atoms with Gasteiger partial charge in [-0.05, 0) is 24.3 Å². The summed E-state index contributed by atoms with van der Waals surface area (Å²) in [6.45, 7) is 1.26. The van der Waals surface area contributed by atoms with Crippen LogP contribution >= 0.6 is 11.3 Å². The first-order valence-corrected chi connectivity index (χ1v) is 10.8. The summed E-state index contributed by atoms with van der Waals surface area (Å²) in [4.78, 5) is 41.1. The van der Waals surface area contributed by atoms with Crippen LogP contribution < -0.4 is 19.9 Å². The third-order valence-corrected chi connectivity index (χ3v) is 6.51. The summed E-state index contributed by atoms with van der Waals surface area (Å²) in [5, 5.41) is 11.7. The van der Waals surface area contributed by atoms with Gasteiger partial charge in [0.2, 0.25) is 0 Å². The van der Waals surface area contributed by atoms with E-state index in [1.807, 2.05) is 6.07 Å². The van der Waals surface area contributed by atoms with Crippen LogP contribution in [0.1, 0.15) is 14.5 Å². The minimum absolute atomic E-state index is 0.0369. The molecule has 4 heterocycles. The first-order chi connectivity index (χ1) is 15.5. The molecule has 0 radical (unpaired) electrons. The number of amides is 3. The lowest BCUT2D eigenvalue weighted by atomic mass is 10.1. The predicted molar refractivity (Wildman–Crippen MR) is 113 cm³/mol. The maximum absolute atomic E-state index is 12.6. The van der Waals surface area contributed by atoms with Gasteiger partial charge in [-0.3, -0.25) is 14.5 Å². The van der Waals surface area contributed by atoms with Crippen molar-refractivity contribution < 1.29 is 28.6 Å². The van der Waals surface area contributed by atoms with Crippen LogP contribution in [-0.4, -0.2) is 63.0 Å². The molecule has 1 aromatic heterocycles. The van der Waals surface area contributed by atoms with Crippen LogP contribution in [0.15, 0.2) is 30.3 Å². The van der Waals surface area contributed by atoms with E-state index in [0.717, 1.165) is 11.3 Å². The molecule has 2 atom stereocenters. The zero-order valence-corrected chi connectivity index (χ0v) is 17.6. The number of cyclic esters (lactones) is 1. The number of hydrogen-bond acceptors (Lipinski definition) is 8. The molecule has 3 aliphatic rings. The molecule has 3 amide bonds. The van der Waals surface area contributed by atoms with Gasteiger partial charge in [-0.2, -0.15) is 5.26 Å². The van der Waals surface area contributed by atoms with Crippen molar-refractivity contribution in [2.45, 2.75) is 12.1 Å². The second-order valence-corrected chi connectivity index (χ2v) is 8.49. The van der Waals surface area contributed by atoms with Gasteiger partial charge in [0.25, 0.3) is 11.8 Å². The van der Waals surface area contributed by atoms with Crippen LogP contribution in [0.2, 0.25) is 0 Å². The van der Waals surface area contributed by atoms with Crippen molar-refractivity contribution in [3.63, 3.8) is 0 Å². The van der Waals surface area contributed by atoms with E-state index in [4.69, 9.17) is 19.5 Å². The van der Waals surface area contributed by atoms with Crippen LogP contribution in [-0.2, 0) is 14.3 Å². The largest absolute Gasteiger partial charge is 0.489 e. The van der Waals surface area contributed by atoms with E-state index >= 15 is 0 Å². The zero-order valence-electron chi connectivity index (χ0n) is 16.8. The lowest BCUT2D eigenvalue weighted by Crippen LogP contribution is -2.48. The molecular weight excluding hydrogens is 436 g/mol. The Hall–Kier alpha value is -3.62. The van der Waals surface area contributed by atoms with Gasteiger partial charge in [0.15, 0.2) is 0 Å². The monoisotopic (exact) mass is 454 g/mol. The number of hydrogen-bond donors (Lipinski definition) is 1. The standard InChI is InChI=1S/C21H18N4O6S/c22-8-13-2-4-18(32-13)20(27)23-9-17-15-10-30-16-7-12(24-5-6-29-11-19(24)26)1-3-14(16)25(15)21(28)31-17/h1-4,7,15,17H,5-6,9-11H2,(H,23,27)/t15-,17-/m0/s1. The number of carbonyl (C=O) groups is 3. The lowest BCUT2D eigenvalue weighted by molar-refractivity contribution is -0.125. The molecule has 2 aromatic rings. The normalized spacial score (nSPS) is 21.8. The van der Waals surface area contributed by atoms with Crippen molar-refractivity contribution in [3.05, 3.63) is 40.1 Å². The number of benzene rings is 1. The molecular formula is C21H18N4O6S. The predicted octanol–water partition coefficient (Wildman–Crippen LogP) is 1.50. The third-order valence-electron chi connectivity index (χ3n) is 5.52. The Balaban J connectivity index is 1.29. The molecule has 5 rings (SSSR count). The molecule has 0 spiro atoms. The lowest BCUT2D eigenvalue weighted by Gasteiger charge is -2.33. The molecule has 0 bridgehead atoms. The van der Waals surface area contributed by atoms with E-state index < -0.39 is 18.2 Å². The highest BCUT2D eigenvalue weighted by Gasteiger charge is 2.46. The molecule has 1 aromatic carbocycles.